The van der Waals surface area contributed by atoms with E-state index in [-0.39, 0.29) is 0 Å². The fourth-order valence-electron chi connectivity index (χ4n) is 3.17. The van der Waals surface area contributed by atoms with Gasteiger partial charge in [0.2, 0.25) is 10.0 Å². The van der Waals surface area contributed by atoms with E-state index >= 15 is 0 Å². The highest BCUT2D eigenvalue weighted by molar-refractivity contribution is 7.92. The molecule has 2 aromatic carbocycles. The lowest BCUT2D eigenvalue weighted by Crippen LogP contribution is -2.36. The molecule has 0 aliphatic carbocycles. The second-order valence-corrected chi connectivity index (χ2v) is 8.25. The Bertz CT molecular complexity index is 931. The number of hydrogen-bond donors (Lipinski definition) is 0. The molecular formula is C22H23NO3S. The summed E-state index contributed by atoms with van der Waals surface area (Å²) in [6.45, 7) is 1.05. The summed E-state index contributed by atoms with van der Waals surface area (Å²) in [7, 11) is -1.77. The average Bonchev–Trinajstić information content (AvgIpc) is 2.72. The highest BCUT2D eigenvalue weighted by Gasteiger charge is 2.26. The Labute approximate surface area is 161 Å². The third-order valence-electron chi connectivity index (χ3n) is 4.71. The minimum Gasteiger partial charge on any atom is -0.497 e. The molecule has 1 aliphatic heterocycles. The maximum Gasteiger partial charge on any atom is 0.236 e. The molecule has 0 saturated carbocycles. The third-order valence-corrected chi connectivity index (χ3v) is 6.28. The molecule has 0 amide bonds. The predicted molar refractivity (Wildman–Crippen MR) is 108 cm³/mol. The lowest BCUT2D eigenvalue weighted by Gasteiger charge is -2.30. The van der Waals surface area contributed by atoms with Gasteiger partial charge in [-0.3, -0.25) is 0 Å². The van der Waals surface area contributed by atoms with Crippen molar-refractivity contribution in [3.05, 3.63) is 77.2 Å². The minimum atomic E-state index is -3.42. The summed E-state index contributed by atoms with van der Waals surface area (Å²) in [5.41, 5.74) is 2.09. The van der Waals surface area contributed by atoms with Crippen molar-refractivity contribution in [3.8, 4) is 17.6 Å². The molecule has 0 radical (unpaired) electrons. The Kier molecular flexibility index (Phi) is 6.33. The van der Waals surface area contributed by atoms with Crippen LogP contribution in [-0.4, -0.2) is 32.9 Å². The maximum atomic E-state index is 12.5. The standard InChI is InChI=1S/C22H23NO3S/c1-26-22-12-10-20(11-13-22)21-14-16-23(17-15-21)27(24,25)18-6-5-9-19-7-3-2-4-8-19/h2-4,6-8,10-13,18,21H,14-17H2,1H3/b18-6+. The predicted octanol–water partition coefficient (Wildman–Crippen LogP) is 3.77. The summed E-state index contributed by atoms with van der Waals surface area (Å²) in [6.07, 6.45) is 3.04. The number of methoxy groups -OCH3 is 1. The topological polar surface area (TPSA) is 46.6 Å². The summed E-state index contributed by atoms with van der Waals surface area (Å²) < 4.78 is 31.7. The maximum absolute atomic E-state index is 12.5. The number of sulfonamides is 1. The first-order valence-corrected chi connectivity index (χ1v) is 10.5. The van der Waals surface area contributed by atoms with E-state index in [1.165, 1.54) is 21.4 Å². The van der Waals surface area contributed by atoms with E-state index in [0.29, 0.717) is 19.0 Å². The number of benzene rings is 2. The molecule has 1 saturated heterocycles. The van der Waals surface area contributed by atoms with Crippen molar-refractivity contribution in [1.82, 2.24) is 4.31 Å². The Morgan fingerprint density at radius 3 is 2.33 bits per heavy atom. The van der Waals surface area contributed by atoms with Crippen LogP contribution in [-0.2, 0) is 10.0 Å². The van der Waals surface area contributed by atoms with Crippen LogP contribution in [0.25, 0.3) is 0 Å². The molecular weight excluding hydrogens is 358 g/mol. The second-order valence-electron chi connectivity index (χ2n) is 6.43. The summed E-state index contributed by atoms with van der Waals surface area (Å²) >= 11 is 0. The van der Waals surface area contributed by atoms with E-state index in [2.05, 4.69) is 24.0 Å². The molecule has 0 atom stereocenters. The van der Waals surface area contributed by atoms with Crippen LogP contribution in [0.5, 0.6) is 5.75 Å². The van der Waals surface area contributed by atoms with Gasteiger partial charge in [-0.05, 0) is 48.6 Å². The average molecular weight is 381 g/mol. The quantitative estimate of drug-likeness (QED) is 0.758. The number of allylic oxidation sites excluding steroid dienone is 1. The molecule has 0 N–H and O–H groups in total. The highest BCUT2D eigenvalue weighted by Crippen LogP contribution is 2.30. The third kappa shape index (κ3) is 5.22. The Morgan fingerprint density at radius 2 is 1.70 bits per heavy atom. The molecule has 140 valence electrons. The van der Waals surface area contributed by atoms with E-state index in [1.54, 1.807) is 7.11 Å². The molecule has 3 rings (SSSR count). The van der Waals surface area contributed by atoms with E-state index in [0.717, 1.165) is 24.2 Å². The van der Waals surface area contributed by atoms with Gasteiger partial charge in [0, 0.05) is 24.7 Å². The number of hydrogen-bond acceptors (Lipinski definition) is 3. The molecule has 4 nitrogen and oxygen atoms in total. The van der Waals surface area contributed by atoms with Crippen LogP contribution in [0.15, 0.2) is 66.1 Å². The van der Waals surface area contributed by atoms with Crippen molar-refractivity contribution >= 4 is 10.0 Å². The van der Waals surface area contributed by atoms with E-state index < -0.39 is 10.0 Å². The van der Waals surface area contributed by atoms with Gasteiger partial charge in [-0.15, -0.1) is 0 Å². The first-order valence-electron chi connectivity index (χ1n) is 8.96. The molecule has 1 fully saturated rings. The van der Waals surface area contributed by atoms with Gasteiger partial charge in [0.25, 0.3) is 0 Å². The van der Waals surface area contributed by atoms with Crippen LogP contribution >= 0.6 is 0 Å². The number of piperidine rings is 1. The fraction of sp³-hybridized carbons (Fsp3) is 0.273. The Balaban J connectivity index is 1.57. The SMILES string of the molecule is COc1ccc(C2CCN(S(=O)(=O)/C=C/C#Cc3ccccc3)CC2)cc1. The Morgan fingerprint density at radius 1 is 1.04 bits per heavy atom. The van der Waals surface area contributed by atoms with Gasteiger partial charge >= 0.3 is 0 Å². The van der Waals surface area contributed by atoms with Gasteiger partial charge in [-0.1, -0.05) is 42.2 Å². The summed E-state index contributed by atoms with van der Waals surface area (Å²) in [4.78, 5) is 0. The van der Waals surface area contributed by atoms with Crippen molar-refractivity contribution in [2.24, 2.45) is 0 Å². The lowest BCUT2D eigenvalue weighted by atomic mass is 9.90. The van der Waals surface area contributed by atoms with Crippen molar-refractivity contribution in [3.63, 3.8) is 0 Å². The zero-order valence-electron chi connectivity index (χ0n) is 15.3. The molecule has 0 unspecified atom stereocenters. The second kappa shape index (κ2) is 8.90. The number of nitrogens with zero attached hydrogens (tertiary/aromatic N) is 1. The molecule has 1 aliphatic rings. The van der Waals surface area contributed by atoms with Crippen LogP contribution in [0.1, 0.15) is 29.9 Å². The van der Waals surface area contributed by atoms with Gasteiger partial charge in [0.05, 0.1) is 12.5 Å². The summed E-state index contributed by atoms with van der Waals surface area (Å²) in [6, 6.07) is 17.5. The van der Waals surface area contributed by atoms with Gasteiger partial charge in [-0.2, -0.15) is 4.31 Å². The van der Waals surface area contributed by atoms with Crippen LogP contribution in [0.2, 0.25) is 0 Å². The van der Waals surface area contributed by atoms with Gasteiger partial charge in [0.1, 0.15) is 5.75 Å². The molecule has 27 heavy (non-hydrogen) atoms. The van der Waals surface area contributed by atoms with Crippen molar-refractivity contribution < 1.29 is 13.2 Å². The van der Waals surface area contributed by atoms with Crippen molar-refractivity contribution in [2.45, 2.75) is 18.8 Å². The molecule has 1 heterocycles. The van der Waals surface area contributed by atoms with Crippen LogP contribution in [0.4, 0.5) is 0 Å². The number of ether oxygens (including phenoxy) is 1. The Hall–Kier alpha value is -2.55. The summed E-state index contributed by atoms with van der Waals surface area (Å²) in [5, 5.41) is 1.21. The highest BCUT2D eigenvalue weighted by atomic mass is 32.2. The largest absolute Gasteiger partial charge is 0.497 e. The normalized spacial score (nSPS) is 16.0. The molecule has 2 aromatic rings. The van der Waals surface area contributed by atoms with Crippen LogP contribution < -0.4 is 4.74 Å². The van der Waals surface area contributed by atoms with Crippen molar-refractivity contribution in [1.29, 1.82) is 0 Å². The zero-order valence-corrected chi connectivity index (χ0v) is 16.2. The first-order chi connectivity index (χ1) is 13.1. The summed E-state index contributed by atoms with van der Waals surface area (Å²) in [5.74, 6) is 6.93. The lowest BCUT2D eigenvalue weighted by molar-refractivity contribution is 0.322. The smallest absolute Gasteiger partial charge is 0.236 e. The molecule has 0 aromatic heterocycles. The van der Waals surface area contributed by atoms with Gasteiger partial charge in [-0.25, -0.2) is 8.42 Å². The fourth-order valence-corrected chi connectivity index (χ4v) is 4.30. The van der Waals surface area contributed by atoms with Crippen LogP contribution in [0, 0.1) is 11.8 Å². The van der Waals surface area contributed by atoms with E-state index in [9.17, 15) is 8.42 Å². The van der Waals surface area contributed by atoms with Gasteiger partial charge < -0.3 is 4.74 Å². The molecule has 0 spiro atoms. The van der Waals surface area contributed by atoms with Crippen molar-refractivity contribution in [2.75, 3.05) is 20.2 Å². The monoisotopic (exact) mass is 381 g/mol. The first kappa shape index (κ1) is 19.2. The van der Waals surface area contributed by atoms with Gasteiger partial charge in [0.15, 0.2) is 0 Å². The molecule has 5 heteroatoms. The minimum absolute atomic E-state index is 0.379. The van der Waals surface area contributed by atoms with E-state index in [1.807, 2.05) is 42.5 Å². The number of rotatable bonds is 4. The van der Waals surface area contributed by atoms with Crippen LogP contribution in [0.3, 0.4) is 0 Å². The van der Waals surface area contributed by atoms with E-state index in [4.69, 9.17) is 4.74 Å². The molecule has 0 bridgehead atoms. The zero-order chi connectivity index (χ0) is 19.1.